The summed E-state index contributed by atoms with van der Waals surface area (Å²) in [5.74, 6) is 0. The van der Waals surface area contributed by atoms with E-state index in [4.69, 9.17) is 0 Å². The molecule has 0 heterocycles. The minimum absolute atomic E-state index is 1.25. The summed E-state index contributed by atoms with van der Waals surface area (Å²) >= 11 is -2.18. The Bertz CT molecular complexity index is 241. The summed E-state index contributed by atoms with van der Waals surface area (Å²) in [5.41, 5.74) is 0. The van der Waals surface area contributed by atoms with Gasteiger partial charge in [-0.15, -0.1) is 0 Å². The zero-order valence-electron chi connectivity index (χ0n) is 16.3. The van der Waals surface area contributed by atoms with E-state index in [1.54, 1.807) is 13.3 Å². The molecule has 0 unspecified atom stereocenters. The van der Waals surface area contributed by atoms with Crippen molar-refractivity contribution >= 4 is 18.7 Å². The summed E-state index contributed by atoms with van der Waals surface area (Å²) in [6, 6.07) is 0. The van der Waals surface area contributed by atoms with Gasteiger partial charge in [0.1, 0.15) is 0 Å². The van der Waals surface area contributed by atoms with Crippen LogP contribution >= 0.6 is 0 Å². The first-order valence-corrected chi connectivity index (χ1v) is 17.5. The molecule has 0 atom stereocenters. The summed E-state index contributed by atoms with van der Waals surface area (Å²) in [6.07, 6.45) is 17.4. The van der Waals surface area contributed by atoms with Crippen LogP contribution in [0.4, 0.5) is 0 Å². The van der Waals surface area contributed by atoms with Gasteiger partial charge in [0.05, 0.1) is 0 Å². The van der Waals surface area contributed by atoms with Gasteiger partial charge in [-0.25, -0.2) is 0 Å². The Kier molecular flexibility index (Phi) is 15.1. The van der Waals surface area contributed by atoms with Crippen molar-refractivity contribution in [1.82, 2.24) is 3.12 Å². The quantitative estimate of drug-likeness (QED) is 0.199. The average molecular weight is 416 g/mol. The Morgan fingerprint density at radius 3 is 1.50 bits per heavy atom. The molecular weight excluding hydrogens is 373 g/mol. The fourth-order valence-electron chi connectivity index (χ4n) is 3.45. The third-order valence-electron chi connectivity index (χ3n) is 4.95. The Labute approximate surface area is 146 Å². The molecule has 0 N–H and O–H groups in total. The number of hydrogen-bond acceptors (Lipinski definition) is 1. The van der Waals surface area contributed by atoms with Gasteiger partial charge < -0.3 is 0 Å². The molecule has 0 aromatic rings. The maximum absolute atomic E-state index is 2.91. The first-order chi connectivity index (χ1) is 10.7. The fraction of sp³-hybridized carbons (Fsp3) is 0.900. The first-order valence-electron chi connectivity index (χ1n) is 10.1. The van der Waals surface area contributed by atoms with Crippen molar-refractivity contribution in [2.75, 3.05) is 6.54 Å². The van der Waals surface area contributed by atoms with Crippen molar-refractivity contribution < 1.29 is 0 Å². The van der Waals surface area contributed by atoms with Crippen LogP contribution in [-0.2, 0) is 0 Å². The van der Waals surface area contributed by atoms with Gasteiger partial charge in [0.25, 0.3) is 0 Å². The number of rotatable bonds is 15. The van der Waals surface area contributed by atoms with Crippen molar-refractivity contribution in [2.24, 2.45) is 0 Å². The predicted molar refractivity (Wildman–Crippen MR) is 106 cm³/mol. The summed E-state index contributed by atoms with van der Waals surface area (Å²) in [4.78, 5) is 0. The van der Waals surface area contributed by atoms with E-state index < -0.39 is 18.7 Å². The Balaban J connectivity index is 5.08. The Morgan fingerprint density at radius 2 is 1.14 bits per heavy atom. The molecule has 22 heavy (non-hydrogen) atoms. The molecule has 0 saturated heterocycles. The van der Waals surface area contributed by atoms with Gasteiger partial charge in [-0.05, 0) is 0 Å². The normalized spacial score (nSPS) is 12.2. The second-order valence-electron chi connectivity index (χ2n) is 6.85. The fourth-order valence-corrected chi connectivity index (χ4v) is 19.8. The molecule has 0 rings (SSSR count). The van der Waals surface area contributed by atoms with E-state index in [9.17, 15) is 0 Å². The monoisotopic (exact) mass is 417 g/mol. The van der Waals surface area contributed by atoms with Crippen LogP contribution in [0.2, 0.25) is 13.3 Å². The van der Waals surface area contributed by atoms with Crippen LogP contribution in [0.1, 0.15) is 92.4 Å². The molecule has 0 fully saturated rings. The van der Waals surface area contributed by atoms with Crippen molar-refractivity contribution in [3.63, 3.8) is 0 Å². The third kappa shape index (κ3) is 8.84. The van der Waals surface area contributed by atoms with E-state index in [-0.39, 0.29) is 0 Å². The van der Waals surface area contributed by atoms with Gasteiger partial charge >= 0.3 is 146 Å². The zero-order chi connectivity index (χ0) is 16.7. The second kappa shape index (κ2) is 14.9. The molecule has 0 aromatic carbocycles. The van der Waals surface area contributed by atoms with Gasteiger partial charge in [0.15, 0.2) is 0 Å². The minimum atomic E-state index is -2.18. The summed E-state index contributed by atoms with van der Waals surface area (Å²) in [5, 5.41) is 0. The molecule has 1 nitrogen and oxygen atoms in total. The van der Waals surface area contributed by atoms with Crippen molar-refractivity contribution in [3.05, 3.63) is 12.3 Å². The van der Waals surface area contributed by atoms with Gasteiger partial charge in [-0.1, -0.05) is 0 Å². The van der Waals surface area contributed by atoms with Gasteiger partial charge in [-0.2, -0.15) is 0 Å². The second-order valence-corrected chi connectivity index (χ2v) is 19.8. The van der Waals surface area contributed by atoms with Crippen molar-refractivity contribution in [3.8, 4) is 0 Å². The number of nitrogens with zero attached hydrogens (tertiary/aromatic N) is 1. The molecule has 0 aliphatic carbocycles. The van der Waals surface area contributed by atoms with E-state index in [0.29, 0.717) is 0 Å². The van der Waals surface area contributed by atoms with E-state index in [1.165, 1.54) is 64.3 Å². The van der Waals surface area contributed by atoms with Crippen LogP contribution in [0, 0.1) is 0 Å². The Hall–Kier alpha value is 0.339. The first kappa shape index (κ1) is 22.3. The SMILES string of the molecule is CCCCC=C[N](CC)[Sn]([CH2]CCC)([CH2]CCC)[CH2]CCC. The van der Waals surface area contributed by atoms with Crippen LogP contribution in [0.25, 0.3) is 0 Å². The molecule has 132 valence electrons. The van der Waals surface area contributed by atoms with Gasteiger partial charge in [-0.3, -0.25) is 0 Å². The molecule has 2 heteroatoms. The van der Waals surface area contributed by atoms with E-state index >= 15 is 0 Å². The molecule has 0 aliphatic rings. The van der Waals surface area contributed by atoms with Gasteiger partial charge in [0.2, 0.25) is 0 Å². The van der Waals surface area contributed by atoms with Crippen molar-refractivity contribution in [1.29, 1.82) is 0 Å². The molecule has 0 bridgehead atoms. The van der Waals surface area contributed by atoms with Gasteiger partial charge in [0, 0.05) is 0 Å². The average Bonchev–Trinajstić information content (AvgIpc) is 2.55. The van der Waals surface area contributed by atoms with Crippen LogP contribution < -0.4 is 0 Å². The molecule has 0 spiro atoms. The maximum atomic E-state index is 2.91. The van der Waals surface area contributed by atoms with E-state index in [0.717, 1.165) is 0 Å². The molecule has 0 radical (unpaired) electrons. The number of unbranched alkanes of at least 4 members (excludes halogenated alkanes) is 5. The zero-order valence-corrected chi connectivity index (χ0v) is 19.1. The summed E-state index contributed by atoms with van der Waals surface area (Å²) in [6.45, 7) is 13.0. The number of hydrogen-bond donors (Lipinski definition) is 0. The van der Waals surface area contributed by atoms with Crippen LogP contribution in [0.5, 0.6) is 0 Å². The number of allylic oxidation sites excluding steroid dienone is 1. The molecule has 0 aromatic heterocycles. The van der Waals surface area contributed by atoms with Crippen molar-refractivity contribution in [2.45, 2.75) is 106 Å². The molecule has 0 amide bonds. The molecule has 0 saturated carbocycles. The van der Waals surface area contributed by atoms with Crippen LogP contribution in [0.3, 0.4) is 0 Å². The van der Waals surface area contributed by atoms with E-state index in [2.05, 4.69) is 50.0 Å². The standard InChI is InChI=1S/C8H16N.3C4H9.Sn/c1-3-5-6-7-8-9-4-2;3*1-3-4-2;/h7-8H,3-6H2,1-2H3;3*1,3-4H2,2H3;/q-1;;;;+1. The predicted octanol–water partition coefficient (Wildman–Crippen LogP) is 7.36. The third-order valence-corrected chi connectivity index (χ3v) is 20.7. The van der Waals surface area contributed by atoms with Crippen LogP contribution in [0.15, 0.2) is 12.3 Å². The summed E-state index contributed by atoms with van der Waals surface area (Å²) < 4.78 is 7.65. The van der Waals surface area contributed by atoms with Crippen LogP contribution in [-0.4, -0.2) is 28.3 Å². The summed E-state index contributed by atoms with van der Waals surface area (Å²) in [7, 11) is 0. The topological polar surface area (TPSA) is 3.24 Å². The van der Waals surface area contributed by atoms with E-state index in [1.807, 2.05) is 0 Å². The molecule has 0 aliphatic heterocycles. The Morgan fingerprint density at radius 1 is 0.682 bits per heavy atom. The molecular formula is C20H43NSn.